The van der Waals surface area contributed by atoms with Crippen LogP contribution in [0, 0.1) is 6.92 Å². The van der Waals surface area contributed by atoms with Gasteiger partial charge in [0.25, 0.3) is 0 Å². The normalized spacial score (nSPS) is 14.3. The molecular weight excluding hydrogens is 380 g/mol. The summed E-state index contributed by atoms with van der Waals surface area (Å²) >= 11 is 0. The zero-order valence-electron chi connectivity index (χ0n) is 17.5. The summed E-state index contributed by atoms with van der Waals surface area (Å²) in [5, 5.41) is 3.33. The number of hydrogen-bond acceptors (Lipinski definition) is 7. The molecule has 0 radical (unpaired) electrons. The molecule has 3 aromatic rings. The summed E-state index contributed by atoms with van der Waals surface area (Å²) < 4.78 is 10.5. The minimum Gasteiger partial charge on any atom is -0.383 e. The Hall–Kier alpha value is -2.81. The molecule has 1 aliphatic heterocycles. The van der Waals surface area contributed by atoms with Gasteiger partial charge in [-0.05, 0) is 30.7 Å². The summed E-state index contributed by atoms with van der Waals surface area (Å²) in [4.78, 5) is 19.4. The molecule has 4 heterocycles. The molecule has 8 nitrogen and oxygen atoms in total. The molecule has 1 saturated heterocycles. The summed E-state index contributed by atoms with van der Waals surface area (Å²) in [6.07, 6.45) is 5.62. The van der Waals surface area contributed by atoms with E-state index in [0.29, 0.717) is 13.2 Å². The van der Waals surface area contributed by atoms with Gasteiger partial charge < -0.3 is 24.7 Å². The van der Waals surface area contributed by atoms with Crippen LogP contribution in [0.5, 0.6) is 0 Å². The van der Waals surface area contributed by atoms with Gasteiger partial charge in [0, 0.05) is 56.9 Å². The van der Waals surface area contributed by atoms with Gasteiger partial charge in [-0.25, -0.2) is 4.98 Å². The molecule has 2 N–H and O–H groups in total. The third-order valence-corrected chi connectivity index (χ3v) is 5.20. The second-order valence-corrected chi connectivity index (χ2v) is 7.29. The van der Waals surface area contributed by atoms with Crippen molar-refractivity contribution in [2.24, 2.45) is 0 Å². The number of hydrogen-bond donors (Lipinski definition) is 2. The highest BCUT2D eigenvalue weighted by Crippen LogP contribution is 2.26. The number of pyridine rings is 2. The van der Waals surface area contributed by atoms with Crippen LogP contribution in [0.4, 0.5) is 5.69 Å². The van der Waals surface area contributed by atoms with Crippen molar-refractivity contribution in [1.82, 2.24) is 25.3 Å². The predicted molar refractivity (Wildman–Crippen MR) is 116 cm³/mol. The highest BCUT2D eigenvalue weighted by Gasteiger charge is 2.14. The molecule has 1 fully saturated rings. The fourth-order valence-electron chi connectivity index (χ4n) is 3.49. The first-order valence-electron chi connectivity index (χ1n) is 10.2. The van der Waals surface area contributed by atoms with Crippen molar-refractivity contribution in [2.45, 2.75) is 13.5 Å². The maximum absolute atomic E-state index is 5.46. The van der Waals surface area contributed by atoms with E-state index in [1.54, 1.807) is 7.11 Å². The van der Waals surface area contributed by atoms with Crippen LogP contribution in [0.15, 0.2) is 36.8 Å². The highest BCUT2D eigenvalue weighted by molar-refractivity contribution is 5.70. The van der Waals surface area contributed by atoms with E-state index in [-0.39, 0.29) is 0 Å². The molecule has 0 atom stereocenters. The van der Waals surface area contributed by atoms with E-state index in [1.807, 2.05) is 31.6 Å². The molecule has 1 aliphatic rings. The first-order chi connectivity index (χ1) is 14.7. The Morgan fingerprint density at radius 1 is 1.20 bits per heavy atom. The summed E-state index contributed by atoms with van der Waals surface area (Å²) in [6.45, 7) is 7.48. The summed E-state index contributed by atoms with van der Waals surface area (Å²) in [6, 6.07) is 6.24. The minimum absolute atomic E-state index is 0.678. The van der Waals surface area contributed by atoms with Crippen molar-refractivity contribution >= 4 is 5.69 Å². The maximum Gasteiger partial charge on any atom is 0.156 e. The number of aromatic amines is 1. The molecule has 158 valence electrons. The van der Waals surface area contributed by atoms with Crippen LogP contribution >= 0.6 is 0 Å². The lowest BCUT2D eigenvalue weighted by Crippen LogP contribution is -2.36. The molecule has 0 bridgehead atoms. The van der Waals surface area contributed by atoms with Crippen molar-refractivity contribution in [3.05, 3.63) is 48.2 Å². The third-order valence-electron chi connectivity index (χ3n) is 5.20. The van der Waals surface area contributed by atoms with E-state index in [1.165, 1.54) is 0 Å². The van der Waals surface area contributed by atoms with Gasteiger partial charge in [0.05, 0.1) is 37.4 Å². The number of H-pyrrole nitrogens is 1. The van der Waals surface area contributed by atoms with Crippen molar-refractivity contribution in [3.8, 4) is 22.6 Å². The average Bonchev–Trinajstić information content (AvgIpc) is 3.18. The summed E-state index contributed by atoms with van der Waals surface area (Å²) in [5.74, 6) is 0.773. The van der Waals surface area contributed by atoms with E-state index in [0.717, 1.165) is 72.6 Å². The fraction of sp³-hybridized carbons (Fsp3) is 0.409. The molecule has 4 rings (SSSR count). The van der Waals surface area contributed by atoms with Crippen LogP contribution in [0.1, 0.15) is 11.4 Å². The lowest BCUT2D eigenvalue weighted by Gasteiger charge is -2.28. The average molecular weight is 409 g/mol. The predicted octanol–water partition coefficient (Wildman–Crippen LogP) is 2.41. The molecule has 30 heavy (non-hydrogen) atoms. The Kier molecular flexibility index (Phi) is 6.68. The SMILES string of the molecule is COCCNCc1nc(-c2cc(-c3cncc(N4CCOCC4)c3)ccn2)[nH]c1C. The Morgan fingerprint density at radius 2 is 2.07 bits per heavy atom. The summed E-state index contributed by atoms with van der Waals surface area (Å²) in [5.41, 5.74) is 6.09. The monoisotopic (exact) mass is 408 g/mol. The van der Waals surface area contributed by atoms with E-state index in [2.05, 4.69) is 37.3 Å². The number of imidazole rings is 1. The van der Waals surface area contributed by atoms with E-state index in [9.17, 15) is 0 Å². The molecule has 3 aromatic heterocycles. The number of aromatic nitrogens is 4. The van der Waals surface area contributed by atoms with Gasteiger partial charge in [-0.3, -0.25) is 9.97 Å². The molecule has 0 aromatic carbocycles. The Balaban J connectivity index is 1.53. The van der Waals surface area contributed by atoms with Crippen LogP contribution in [0.3, 0.4) is 0 Å². The van der Waals surface area contributed by atoms with Crippen LogP contribution < -0.4 is 10.2 Å². The smallest absolute Gasteiger partial charge is 0.156 e. The van der Waals surface area contributed by atoms with Crippen molar-refractivity contribution in [1.29, 1.82) is 0 Å². The Morgan fingerprint density at radius 3 is 2.90 bits per heavy atom. The van der Waals surface area contributed by atoms with Gasteiger partial charge >= 0.3 is 0 Å². The number of rotatable bonds is 8. The number of methoxy groups -OCH3 is 1. The molecule has 0 spiro atoms. The molecule has 0 unspecified atom stereocenters. The van der Waals surface area contributed by atoms with Gasteiger partial charge in [-0.15, -0.1) is 0 Å². The topological polar surface area (TPSA) is 88.2 Å². The molecular formula is C22H28N6O2. The Bertz CT molecular complexity index is 968. The van der Waals surface area contributed by atoms with Gasteiger partial charge in [-0.1, -0.05) is 0 Å². The highest BCUT2D eigenvalue weighted by atomic mass is 16.5. The first kappa shape index (κ1) is 20.5. The van der Waals surface area contributed by atoms with Gasteiger partial charge in [0.15, 0.2) is 5.82 Å². The largest absolute Gasteiger partial charge is 0.383 e. The molecule has 0 aliphatic carbocycles. The second kappa shape index (κ2) is 9.80. The lowest BCUT2D eigenvalue weighted by molar-refractivity contribution is 0.122. The number of nitrogens with zero attached hydrogens (tertiary/aromatic N) is 4. The molecule has 8 heteroatoms. The van der Waals surface area contributed by atoms with Crippen molar-refractivity contribution in [2.75, 3.05) is 51.5 Å². The molecule has 0 saturated carbocycles. The number of nitrogens with one attached hydrogen (secondary N) is 2. The van der Waals surface area contributed by atoms with Crippen molar-refractivity contribution in [3.63, 3.8) is 0 Å². The van der Waals surface area contributed by atoms with E-state index in [4.69, 9.17) is 14.5 Å². The summed E-state index contributed by atoms with van der Waals surface area (Å²) in [7, 11) is 1.70. The number of anilines is 1. The van der Waals surface area contributed by atoms with Crippen molar-refractivity contribution < 1.29 is 9.47 Å². The molecule has 0 amide bonds. The van der Waals surface area contributed by atoms with E-state index < -0.39 is 0 Å². The Labute approximate surface area is 176 Å². The zero-order valence-corrected chi connectivity index (χ0v) is 17.5. The quantitative estimate of drug-likeness (QED) is 0.554. The lowest BCUT2D eigenvalue weighted by atomic mass is 10.1. The van der Waals surface area contributed by atoms with Crippen LogP contribution in [-0.4, -0.2) is 66.5 Å². The van der Waals surface area contributed by atoms with Crippen LogP contribution in [0.25, 0.3) is 22.6 Å². The standard InChI is InChI=1S/C22H28N6O2/c1-16-21(15-23-5-8-29-2)27-22(26-16)20-12-17(3-4-25-20)18-11-19(14-24-13-18)28-6-9-30-10-7-28/h3-4,11-14,23H,5-10,15H2,1-2H3,(H,26,27). The van der Waals surface area contributed by atoms with E-state index >= 15 is 0 Å². The number of morpholine rings is 1. The van der Waals surface area contributed by atoms with Gasteiger partial charge in [-0.2, -0.15) is 0 Å². The zero-order chi connectivity index (χ0) is 20.8. The first-order valence-corrected chi connectivity index (χ1v) is 10.2. The van der Waals surface area contributed by atoms with Gasteiger partial charge in [0.1, 0.15) is 5.69 Å². The van der Waals surface area contributed by atoms with Crippen LogP contribution in [-0.2, 0) is 16.0 Å². The number of aryl methyl sites for hydroxylation is 1. The number of ether oxygens (including phenoxy) is 2. The second-order valence-electron chi connectivity index (χ2n) is 7.29. The van der Waals surface area contributed by atoms with Crippen LogP contribution in [0.2, 0.25) is 0 Å². The fourth-order valence-corrected chi connectivity index (χ4v) is 3.49. The maximum atomic E-state index is 5.46. The third kappa shape index (κ3) is 4.84. The van der Waals surface area contributed by atoms with Gasteiger partial charge in [0.2, 0.25) is 0 Å². The minimum atomic E-state index is 0.678.